The fraction of sp³-hybridized carbons (Fsp3) is 0.917. The van der Waals surface area contributed by atoms with Crippen LogP contribution in [0.15, 0.2) is 0 Å². The van der Waals surface area contributed by atoms with Crippen LogP contribution in [0.2, 0.25) is 0 Å². The molecule has 1 aliphatic carbocycles. The fourth-order valence-corrected chi connectivity index (χ4v) is 1.95. The highest BCUT2D eigenvalue weighted by Crippen LogP contribution is 2.18. The topological polar surface area (TPSA) is 75.4 Å². The van der Waals surface area contributed by atoms with E-state index in [1.54, 1.807) is 6.92 Å². The number of nitrogens with two attached hydrogens (primary N) is 1. The Morgan fingerprint density at radius 1 is 1.44 bits per heavy atom. The van der Waals surface area contributed by atoms with Crippen LogP contribution in [0.25, 0.3) is 0 Å². The smallest absolute Gasteiger partial charge is 0.240 e. The lowest BCUT2D eigenvalue weighted by Crippen LogP contribution is -2.55. The van der Waals surface area contributed by atoms with E-state index in [0.717, 1.165) is 32.1 Å². The number of carbonyl (C=O) groups excluding carboxylic acids is 1. The molecule has 0 radical (unpaired) electrons. The molecular formula is C12H24N2O2. The van der Waals surface area contributed by atoms with Crippen molar-refractivity contribution in [2.24, 2.45) is 5.73 Å². The van der Waals surface area contributed by atoms with Crippen molar-refractivity contribution in [2.75, 3.05) is 0 Å². The van der Waals surface area contributed by atoms with Crippen LogP contribution in [0.3, 0.4) is 0 Å². The lowest BCUT2D eigenvalue weighted by atomic mass is 9.97. The first kappa shape index (κ1) is 13.5. The van der Waals surface area contributed by atoms with E-state index in [9.17, 15) is 9.90 Å². The van der Waals surface area contributed by atoms with Gasteiger partial charge in [-0.25, -0.2) is 0 Å². The summed E-state index contributed by atoms with van der Waals surface area (Å²) >= 11 is 0. The lowest BCUT2D eigenvalue weighted by Gasteiger charge is -2.28. The van der Waals surface area contributed by atoms with E-state index in [2.05, 4.69) is 5.32 Å². The van der Waals surface area contributed by atoms with Gasteiger partial charge in [0, 0.05) is 0 Å². The Balaban J connectivity index is 2.54. The van der Waals surface area contributed by atoms with E-state index in [4.69, 9.17) is 5.73 Å². The molecule has 4 heteroatoms. The van der Waals surface area contributed by atoms with Crippen molar-refractivity contribution in [3.8, 4) is 0 Å². The molecule has 4 N–H and O–H groups in total. The van der Waals surface area contributed by atoms with Gasteiger partial charge in [0.05, 0.1) is 17.7 Å². The number of nitrogens with one attached hydrogen (secondary N) is 1. The SMILES string of the molecule is CCC(C)(N)C(=O)NC1CCCCCC1O. The van der Waals surface area contributed by atoms with Crippen LogP contribution >= 0.6 is 0 Å². The van der Waals surface area contributed by atoms with Gasteiger partial charge in [-0.2, -0.15) is 0 Å². The van der Waals surface area contributed by atoms with Gasteiger partial charge in [0.1, 0.15) is 0 Å². The molecule has 3 atom stereocenters. The molecule has 1 rings (SSSR count). The quantitative estimate of drug-likeness (QED) is 0.629. The standard InChI is InChI=1S/C12H24N2O2/c1-3-12(2,13)11(16)14-9-7-5-4-6-8-10(9)15/h9-10,15H,3-8,13H2,1-2H3,(H,14,16). The number of aliphatic hydroxyl groups is 1. The van der Waals surface area contributed by atoms with E-state index >= 15 is 0 Å². The second-order valence-corrected chi connectivity index (χ2v) is 5.06. The summed E-state index contributed by atoms with van der Waals surface area (Å²) in [5.74, 6) is -0.152. The molecule has 94 valence electrons. The Hall–Kier alpha value is -0.610. The van der Waals surface area contributed by atoms with Gasteiger partial charge < -0.3 is 16.2 Å². The molecule has 16 heavy (non-hydrogen) atoms. The first-order valence-corrected chi connectivity index (χ1v) is 6.25. The number of amides is 1. The molecule has 1 amide bonds. The Morgan fingerprint density at radius 2 is 2.06 bits per heavy atom. The van der Waals surface area contributed by atoms with Gasteiger partial charge in [0.2, 0.25) is 5.91 Å². The summed E-state index contributed by atoms with van der Waals surface area (Å²) in [6.45, 7) is 3.62. The highest BCUT2D eigenvalue weighted by molar-refractivity contribution is 5.85. The summed E-state index contributed by atoms with van der Waals surface area (Å²) in [4.78, 5) is 11.9. The van der Waals surface area contributed by atoms with Crippen LogP contribution in [0.4, 0.5) is 0 Å². The summed E-state index contributed by atoms with van der Waals surface area (Å²) in [5.41, 5.74) is 5.04. The molecule has 0 bridgehead atoms. The molecule has 0 saturated heterocycles. The normalized spacial score (nSPS) is 30.2. The number of hydrogen-bond donors (Lipinski definition) is 3. The molecule has 0 spiro atoms. The van der Waals surface area contributed by atoms with Crippen molar-refractivity contribution >= 4 is 5.91 Å². The molecule has 1 fully saturated rings. The minimum absolute atomic E-state index is 0.121. The van der Waals surface area contributed by atoms with Crippen molar-refractivity contribution < 1.29 is 9.90 Å². The third-order valence-corrected chi connectivity index (χ3v) is 3.55. The second-order valence-electron chi connectivity index (χ2n) is 5.06. The van der Waals surface area contributed by atoms with E-state index in [0.29, 0.717) is 6.42 Å². The zero-order valence-corrected chi connectivity index (χ0v) is 10.3. The third kappa shape index (κ3) is 3.46. The maximum Gasteiger partial charge on any atom is 0.240 e. The average molecular weight is 228 g/mol. The van der Waals surface area contributed by atoms with Gasteiger partial charge >= 0.3 is 0 Å². The lowest BCUT2D eigenvalue weighted by molar-refractivity contribution is -0.127. The maximum atomic E-state index is 11.9. The van der Waals surface area contributed by atoms with Gasteiger partial charge in [-0.1, -0.05) is 26.2 Å². The minimum atomic E-state index is -0.827. The van der Waals surface area contributed by atoms with Gasteiger partial charge in [0.15, 0.2) is 0 Å². The van der Waals surface area contributed by atoms with Gasteiger partial charge in [0.25, 0.3) is 0 Å². The summed E-state index contributed by atoms with van der Waals surface area (Å²) in [7, 11) is 0. The van der Waals surface area contributed by atoms with E-state index < -0.39 is 11.6 Å². The highest BCUT2D eigenvalue weighted by atomic mass is 16.3. The fourth-order valence-electron chi connectivity index (χ4n) is 1.95. The first-order chi connectivity index (χ1) is 7.47. The maximum absolute atomic E-state index is 11.9. The number of hydrogen-bond acceptors (Lipinski definition) is 3. The number of rotatable bonds is 3. The molecule has 1 aliphatic rings. The van der Waals surface area contributed by atoms with Gasteiger partial charge in [-0.3, -0.25) is 4.79 Å². The Kier molecular flexibility index (Phi) is 4.74. The van der Waals surface area contributed by atoms with Crippen molar-refractivity contribution in [1.82, 2.24) is 5.32 Å². The monoisotopic (exact) mass is 228 g/mol. The first-order valence-electron chi connectivity index (χ1n) is 6.25. The Labute approximate surface area is 97.6 Å². The molecule has 1 saturated carbocycles. The van der Waals surface area contributed by atoms with Gasteiger partial charge in [-0.05, 0) is 26.2 Å². The van der Waals surface area contributed by atoms with Crippen LogP contribution in [-0.2, 0) is 4.79 Å². The van der Waals surface area contributed by atoms with Crippen molar-refractivity contribution in [3.05, 3.63) is 0 Å². The predicted octanol–water partition coefficient (Wildman–Crippen LogP) is 0.924. The molecule has 0 heterocycles. The van der Waals surface area contributed by atoms with Crippen LogP contribution in [0, 0.1) is 0 Å². The summed E-state index contributed by atoms with van der Waals surface area (Å²) < 4.78 is 0. The average Bonchev–Trinajstić information content (AvgIpc) is 2.44. The molecule has 0 aromatic rings. The van der Waals surface area contributed by atoms with Crippen molar-refractivity contribution in [1.29, 1.82) is 0 Å². The Morgan fingerprint density at radius 3 is 2.69 bits per heavy atom. The minimum Gasteiger partial charge on any atom is -0.391 e. The molecule has 4 nitrogen and oxygen atoms in total. The molecule has 3 unspecified atom stereocenters. The highest BCUT2D eigenvalue weighted by Gasteiger charge is 2.30. The van der Waals surface area contributed by atoms with E-state index in [1.807, 2.05) is 6.92 Å². The van der Waals surface area contributed by atoms with Gasteiger partial charge in [-0.15, -0.1) is 0 Å². The summed E-state index contributed by atoms with van der Waals surface area (Å²) in [5, 5.41) is 12.8. The Bertz CT molecular complexity index is 241. The largest absolute Gasteiger partial charge is 0.391 e. The zero-order valence-electron chi connectivity index (χ0n) is 10.3. The predicted molar refractivity (Wildman–Crippen MR) is 63.9 cm³/mol. The summed E-state index contributed by atoms with van der Waals surface area (Å²) in [6.07, 6.45) is 5.06. The number of carbonyl (C=O) groups is 1. The number of aliphatic hydroxyl groups excluding tert-OH is 1. The van der Waals surface area contributed by atoms with E-state index in [-0.39, 0.29) is 11.9 Å². The molecule has 0 aromatic heterocycles. The van der Waals surface area contributed by atoms with Crippen LogP contribution in [0.5, 0.6) is 0 Å². The molecule has 0 aromatic carbocycles. The molecule has 0 aliphatic heterocycles. The van der Waals surface area contributed by atoms with Crippen molar-refractivity contribution in [2.45, 2.75) is 70.1 Å². The van der Waals surface area contributed by atoms with Crippen molar-refractivity contribution in [3.63, 3.8) is 0 Å². The van der Waals surface area contributed by atoms with E-state index in [1.165, 1.54) is 0 Å². The third-order valence-electron chi connectivity index (χ3n) is 3.55. The summed E-state index contributed by atoms with van der Waals surface area (Å²) in [6, 6.07) is -0.121. The van der Waals surface area contributed by atoms with Crippen LogP contribution in [-0.4, -0.2) is 28.7 Å². The molecular weight excluding hydrogens is 204 g/mol. The zero-order chi connectivity index (χ0) is 12.2. The van der Waals surface area contributed by atoms with Crippen LogP contribution < -0.4 is 11.1 Å². The second kappa shape index (κ2) is 5.64. The van der Waals surface area contributed by atoms with Crippen LogP contribution in [0.1, 0.15) is 52.4 Å².